The van der Waals surface area contributed by atoms with E-state index in [-0.39, 0.29) is 10.8 Å². The predicted molar refractivity (Wildman–Crippen MR) is 116 cm³/mol. The van der Waals surface area contributed by atoms with Crippen LogP contribution in [-0.2, 0) is 0 Å². The molecular formula is C26H24. The van der Waals surface area contributed by atoms with Crippen LogP contribution in [-0.4, -0.2) is 0 Å². The van der Waals surface area contributed by atoms with Crippen LogP contribution in [0, 0.1) is 10.8 Å². The molecule has 0 radical (unpaired) electrons. The molecule has 0 heteroatoms. The molecule has 2 aliphatic rings. The molecule has 0 N–H and O–H groups in total. The van der Waals surface area contributed by atoms with E-state index in [1.807, 2.05) is 0 Å². The number of allylic oxidation sites excluding steroid dienone is 3. The van der Waals surface area contributed by atoms with Crippen molar-refractivity contribution in [1.29, 1.82) is 0 Å². The Bertz CT molecular complexity index is 1210. The van der Waals surface area contributed by atoms with Gasteiger partial charge < -0.3 is 0 Å². The molecule has 5 rings (SSSR count). The quantitative estimate of drug-likeness (QED) is 0.433. The molecule has 0 atom stereocenters. The van der Waals surface area contributed by atoms with Crippen molar-refractivity contribution < 1.29 is 0 Å². The minimum absolute atomic E-state index is 0.0703. The van der Waals surface area contributed by atoms with Gasteiger partial charge in [0.05, 0.1) is 0 Å². The summed E-state index contributed by atoms with van der Waals surface area (Å²) in [5.41, 5.74) is 4.14. The van der Waals surface area contributed by atoms with E-state index < -0.39 is 0 Å². The van der Waals surface area contributed by atoms with Crippen molar-refractivity contribution in [3.63, 3.8) is 0 Å². The molecular weight excluding hydrogens is 312 g/mol. The molecule has 0 unspecified atom stereocenters. The lowest BCUT2D eigenvalue weighted by atomic mass is 9.89. The molecule has 0 spiro atoms. The van der Waals surface area contributed by atoms with Gasteiger partial charge in [-0.2, -0.15) is 0 Å². The Kier molecular flexibility index (Phi) is 2.99. The first-order valence-corrected chi connectivity index (χ1v) is 9.46. The van der Waals surface area contributed by atoms with Gasteiger partial charge in [0.1, 0.15) is 0 Å². The van der Waals surface area contributed by atoms with Crippen LogP contribution in [0.4, 0.5) is 0 Å². The lowest BCUT2D eigenvalue weighted by Gasteiger charge is -2.14. The van der Waals surface area contributed by atoms with E-state index in [9.17, 15) is 0 Å². The molecule has 0 saturated carbocycles. The summed E-state index contributed by atoms with van der Waals surface area (Å²) < 4.78 is 0. The lowest BCUT2D eigenvalue weighted by molar-refractivity contribution is 0.633. The second-order valence-electron chi connectivity index (χ2n) is 9.00. The highest BCUT2D eigenvalue weighted by Gasteiger charge is 2.19. The molecule has 128 valence electrons. The van der Waals surface area contributed by atoms with Gasteiger partial charge in [-0.15, -0.1) is 0 Å². The van der Waals surface area contributed by atoms with E-state index in [0.717, 1.165) is 0 Å². The molecule has 0 fully saturated rings. The van der Waals surface area contributed by atoms with Gasteiger partial charge in [-0.3, -0.25) is 0 Å². The Morgan fingerprint density at radius 3 is 2.23 bits per heavy atom. The van der Waals surface area contributed by atoms with Crippen LogP contribution in [0.2, 0.25) is 0 Å². The summed E-state index contributed by atoms with van der Waals surface area (Å²) in [6, 6.07) is 11.5. The molecule has 26 heavy (non-hydrogen) atoms. The van der Waals surface area contributed by atoms with Gasteiger partial charge in [0.25, 0.3) is 0 Å². The summed E-state index contributed by atoms with van der Waals surface area (Å²) in [5, 5.41) is 6.83. The van der Waals surface area contributed by atoms with Crippen molar-refractivity contribution in [1.82, 2.24) is 0 Å². The first-order chi connectivity index (χ1) is 12.3. The van der Waals surface area contributed by atoms with Crippen molar-refractivity contribution in [2.24, 2.45) is 10.8 Å². The second-order valence-corrected chi connectivity index (χ2v) is 9.00. The minimum Gasteiger partial charge on any atom is -0.0745 e. The minimum atomic E-state index is 0.0703. The van der Waals surface area contributed by atoms with Crippen molar-refractivity contribution >= 4 is 45.8 Å². The van der Waals surface area contributed by atoms with E-state index in [0.29, 0.717) is 0 Å². The van der Waals surface area contributed by atoms with Crippen LogP contribution in [0.15, 0.2) is 48.6 Å². The number of hydrogen-bond acceptors (Lipinski definition) is 0. The number of fused-ring (bicyclic) bond motifs is 2. The fraction of sp³-hybridized carbons (Fsp3) is 0.231. The Morgan fingerprint density at radius 2 is 1.38 bits per heavy atom. The number of benzene rings is 3. The fourth-order valence-corrected chi connectivity index (χ4v) is 4.32. The summed E-state index contributed by atoms with van der Waals surface area (Å²) in [6.07, 6.45) is 16.3. The molecule has 3 aromatic rings. The van der Waals surface area contributed by atoms with Gasteiger partial charge in [-0.25, -0.2) is 0 Å². The second kappa shape index (κ2) is 4.98. The summed E-state index contributed by atoms with van der Waals surface area (Å²) in [6.45, 7) is 9.06. The Hall–Kier alpha value is -2.60. The third-order valence-corrected chi connectivity index (χ3v) is 5.76. The average molecular weight is 336 g/mol. The molecule has 0 bridgehead atoms. The molecule has 3 aromatic carbocycles. The molecule has 0 heterocycles. The van der Waals surface area contributed by atoms with E-state index in [1.54, 1.807) is 0 Å². The standard InChI is InChI=1S/C26H24/c1-25(2)12-10-18-15-19-5-6-20-16-26(3,4)13-9-17-7-8-22(21(18)11-14-25)24(19)23(17)20/h5-16H,1-4H3. The Labute approximate surface area is 155 Å². The largest absolute Gasteiger partial charge is 0.0745 e. The molecule has 2 aliphatic carbocycles. The highest BCUT2D eigenvalue weighted by molar-refractivity contribution is 6.16. The van der Waals surface area contributed by atoms with Crippen LogP contribution in [0.5, 0.6) is 0 Å². The first-order valence-electron chi connectivity index (χ1n) is 9.46. The number of rotatable bonds is 0. The zero-order valence-electron chi connectivity index (χ0n) is 15.9. The summed E-state index contributed by atoms with van der Waals surface area (Å²) >= 11 is 0. The Balaban J connectivity index is 1.98. The first kappa shape index (κ1) is 15.6. The monoisotopic (exact) mass is 336 g/mol. The zero-order chi connectivity index (χ0) is 18.1. The maximum absolute atomic E-state index is 2.40. The molecule has 0 nitrogen and oxygen atoms in total. The third kappa shape index (κ3) is 2.29. The maximum Gasteiger partial charge on any atom is 0.00169 e. The third-order valence-electron chi connectivity index (χ3n) is 5.76. The topological polar surface area (TPSA) is 0 Å². The van der Waals surface area contributed by atoms with Crippen molar-refractivity contribution in [3.8, 4) is 0 Å². The van der Waals surface area contributed by atoms with Crippen LogP contribution >= 0.6 is 0 Å². The smallest absolute Gasteiger partial charge is 0.00169 e. The summed E-state index contributed by atoms with van der Waals surface area (Å²) in [5.74, 6) is 0. The van der Waals surface area contributed by atoms with Gasteiger partial charge >= 0.3 is 0 Å². The van der Waals surface area contributed by atoms with Crippen molar-refractivity contribution in [2.45, 2.75) is 27.7 Å². The predicted octanol–water partition coefficient (Wildman–Crippen LogP) is 6.61. The SMILES string of the molecule is CC1(C)C=Cc2cc3ccc4c5c(ccc(c2C=C1)c35)C=CC(C)(C)C=4. The van der Waals surface area contributed by atoms with Crippen molar-refractivity contribution in [2.75, 3.05) is 0 Å². The summed E-state index contributed by atoms with van der Waals surface area (Å²) in [4.78, 5) is 0. The van der Waals surface area contributed by atoms with E-state index >= 15 is 0 Å². The highest BCUT2D eigenvalue weighted by Crippen LogP contribution is 2.38. The zero-order valence-corrected chi connectivity index (χ0v) is 15.9. The van der Waals surface area contributed by atoms with E-state index in [2.05, 4.69) is 101 Å². The van der Waals surface area contributed by atoms with E-state index in [1.165, 1.54) is 43.5 Å². The van der Waals surface area contributed by atoms with Gasteiger partial charge in [0.15, 0.2) is 0 Å². The van der Waals surface area contributed by atoms with Crippen LogP contribution in [0.25, 0.3) is 45.8 Å². The molecule has 0 amide bonds. The van der Waals surface area contributed by atoms with Crippen LogP contribution < -0.4 is 5.22 Å². The van der Waals surface area contributed by atoms with Gasteiger partial charge in [0, 0.05) is 10.8 Å². The van der Waals surface area contributed by atoms with Crippen LogP contribution in [0.1, 0.15) is 44.4 Å². The van der Waals surface area contributed by atoms with Gasteiger partial charge in [-0.1, -0.05) is 94.5 Å². The molecule has 0 aromatic heterocycles. The average Bonchev–Trinajstić information content (AvgIpc) is 2.82. The van der Waals surface area contributed by atoms with Gasteiger partial charge in [-0.05, 0) is 49.5 Å². The Morgan fingerprint density at radius 1 is 0.654 bits per heavy atom. The van der Waals surface area contributed by atoms with E-state index in [4.69, 9.17) is 0 Å². The van der Waals surface area contributed by atoms with Crippen molar-refractivity contribution in [3.05, 3.63) is 70.5 Å². The maximum atomic E-state index is 2.40. The molecule has 0 saturated heterocycles. The normalized spacial score (nSPS) is 19.2. The fourth-order valence-electron chi connectivity index (χ4n) is 4.32. The lowest BCUT2D eigenvalue weighted by Crippen LogP contribution is -2.10. The number of hydrogen-bond donors (Lipinski definition) is 0. The molecule has 0 aliphatic heterocycles. The van der Waals surface area contributed by atoms with Gasteiger partial charge in [0.2, 0.25) is 0 Å². The highest BCUT2D eigenvalue weighted by atomic mass is 14.2. The van der Waals surface area contributed by atoms with Crippen LogP contribution in [0.3, 0.4) is 0 Å². The summed E-state index contributed by atoms with van der Waals surface area (Å²) in [7, 11) is 0.